The molecule has 0 saturated carbocycles. The molecule has 128 valence electrons. The first-order valence-corrected chi connectivity index (χ1v) is 8.02. The fourth-order valence-corrected chi connectivity index (χ4v) is 2.36. The molecule has 2 amide bonds. The van der Waals surface area contributed by atoms with Gasteiger partial charge in [0.15, 0.2) is 0 Å². The third-order valence-electron chi connectivity index (χ3n) is 3.59. The lowest BCUT2D eigenvalue weighted by Gasteiger charge is -2.25. The molecular weight excluding hydrogens is 314 g/mol. The van der Waals surface area contributed by atoms with Crippen LogP contribution in [0.2, 0.25) is 0 Å². The Labute approximate surface area is 147 Å². The number of nitrogens with one attached hydrogen (secondary N) is 1. The summed E-state index contributed by atoms with van der Waals surface area (Å²) in [6, 6.07) is 20.3. The van der Waals surface area contributed by atoms with E-state index in [2.05, 4.69) is 5.32 Å². The van der Waals surface area contributed by atoms with Crippen LogP contribution in [-0.4, -0.2) is 28.8 Å². The second-order valence-corrected chi connectivity index (χ2v) is 6.30. The van der Waals surface area contributed by atoms with Crippen LogP contribution in [0.25, 0.3) is 0 Å². The zero-order valence-corrected chi connectivity index (χ0v) is 14.4. The van der Waals surface area contributed by atoms with Crippen LogP contribution in [-0.2, 0) is 11.3 Å². The van der Waals surface area contributed by atoms with Crippen LogP contribution in [0.1, 0.15) is 29.8 Å². The predicted molar refractivity (Wildman–Crippen MR) is 95.5 cm³/mol. The third kappa shape index (κ3) is 5.47. The Balaban J connectivity index is 2.19. The molecule has 25 heavy (non-hydrogen) atoms. The van der Waals surface area contributed by atoms with Crippen LogP contribution in [0, 0.1) is 11.3 Å². The van der Waals surface area contributed by atoms with Gasteiger partial charge in [-0.05, 0) is 31.5 Å². The highest BCUT2D eigenvalue weighted by atomic mass is 16.2. The van der Waals surface area contributed by atoms with E-state index in [0.717, 1.165) is 5.56 Å². The van der Waals surface area contributed by atoms with Crippen molar-refractivity contribution in [2.75, 3.05) is 6.54 Å². The fraction of sp³-hybridized carbons (Fsp3) is 0.250. The largest absolute Gasteiger partial charge is 0.337 e. The number of benzene rings is 2. The number of amides is 2. The van der Waals surface area contributed by atoms with Crippen LogP contribution >= 0.6 is 0 Å². The van der Waals surface area contributed by atoms with Crippen molar-refractivity contribution in [3.63, 3.8) is 0 Å². The Kier molecular flexibility index (Phi) is 5.91. The Morgan fingerprint density at radius 1 is 1.04 bits per heavy atom. The topological polar surface area (TPSA) is 73.2 Å². The minimum absolute atomic E-state index is 0.117. The minimum Gasteiger partial charge on any atom is -0.337 e. The summed E-state index contributed by atoms with van der Waals surface area (Å²) in [4.78, 5) is 26.6. The Morgan fingerprint density at radius 3 is 2.16 bits per heavy atom. The zero-order chi connectivity index (χ0) is 18.3. The van der Waals surface area contributed by atoms with Crippen LogP contribution in [0.15, 0.2) is 60.7 Å². The SMILES string of the molecule is CC(C)(C#N)NC(=O)CN(Cc1ccccc1)C(=O)c1ccccc1. The maximum atomic E-state index is 12.8. The number of nitriles is 1. The number of hydrogen-bond donors (Lipinski definition) is 1. The predicted octanol–water partition coefficient (Wildman–Crippen LogP) is 2.75. The molecular formula is C20H21N3O2. The standard InChI is InChI=1S/C20H21N3O2/c1-20(2,15-21)22-18(24)14-23(13-16-9-5-3-6-10-16)19(25)17-11-7-4-8-12-17/h3-12H,13-14H2,1-2H3,(H,22,24). The van der Waals surface area contributed by atoms with Crippen molar-refractivity contribution in [2.45, 2.75) is 25.9 Å². The first-order chi connectivity index (χ1) is 11.9. The van der Waals surface area contributed by atoms with Gasteiger partial charge in [-0.15, -0.1) is 0 Å². The van der Waals surface area contributed by atoms with Crippen LogP contribution < -0.4 is 5.32 Å². The van der Waals surface area contributed by atoms with Gasteiger partial charge in [0, 0.05) is 12.1 Å². The molecule has 5 heteroatoms. The molecule has 0 radical (unpaired) electrons. The van der Waals surface area contributed by atoms with Crippen molar-refractivity contribution >= 4 is 11.8 Å². The van der Waals surface area contributed by atoms with Crippen molar-refractivity contribution < 1.29 is 9.59 Å². The van der Waals surface area contributed by atoms with E-state index in [0.29, 0.717) is 12.1 Å². The van der Waals surface area contributed by atoms with Gasteiger partial charge in [0.1, 0.15) is 12.1 Å². The van der Waals surface area contributed by atoms with E-state index in [1.165, 1.54) is 4.90 Å². The average molecular weight is 335 g/mol. The second-order valence-electron chi connectivity index (χ2n) is 6.30. The quantitative estimate of drug-likeness (QED) is 0.882. The van der Waals surface area contributed by atoms with E-state index in [1.807, 2.05) is 42.5 Å². The zero-order valence-electron chi connectivity index (χ0n) is 14.4. The van der Waals surface area contributed by atoms with Gasteiger partial charge in [-0.2, -0.15) is 5.26 Å². The molecule has 2 aromatic rings. The number of hydrogen-bond acceptors (Lipinski definition) is 3. The molecule has 0 aliphatic carbocycles. The lowest BCUT2D eigenvalue weighted by molar-refractivity contribution is -0.123. The van der Waals surface area contributed by atoms with Gasteiger partial charge < -0.3 is 10.2 Å². The minimum atomic E-state index is -0.981. The Morgan fingerprint density at radius 2 is 1.60 bits per heavy atom. The first-order valence-electron chi connectivity index (χ1n) is 8.02. The van der Waals surface area contributed by atoms with Gasteiger partial charge in [0.05, 0.1) is 6.07 Å². The van der Waals surface area contributed by atoms with E-state index in [-0.39, 0.29) is 18.4 Å². The normalized spacial score (nSPS) is 10.6. The number of rotatable bonds is 6. The van der Waals surface area contributed by atoms with E-state index in [4.69, 9.17) is 5.26 Å². The van der Waals surface area contributed by atoms with E-state index in [1.54, 1.807) is 38.1 Å². The molecule has 0 heterocycles. The molecule has 0 atom stereocenters. The van der Waals surface area contributed by atoms with Crippen molar-refractivity contribution in [1.82, 2.24) is 10.2 Å². The molecule has 0 unspecified atom stereocenters. The van der Waals surface area contributed by atoms with E-state index < -0.39 is 5.54 Å². The number of carbonyl (C=O) groups is 2. The van der Waals surface area contributed by atoms with Crippen molar-refractivity contribution in [1.29, 1.82) is 5.26 Å². The molecule has 5 nitrogen and oxygen atoms in total. The fourth-order valence-electron chi connectivity index (χ4n) is 2.36. The molecule has 2 aromatic carbocycles. The van der Waals surface area contributed by atoms with Gasteiger partial charge in [-0.1, -0.05) is 48.5 Å². The van der Waals surface area contributed by atoms with Crippen molar-refractivity contribution in [3.05, 3.63) is 71.8 Å². The molecule has 2 rings (SSSR count). The summed E-state index contributed by atoms with van der Waals surface area (Å²) in [5.41, 5.74) is 0.468. The Bertz CT molecular complexity index is 765. The highest BCUT2D eigenvalue weighted by Crippen LogP contribution is 2.10. The van der Waals surface area contributed by atoms with Crippen molar-refractivity contribution in [3.8, 4) is 6.07 Å². The summed E-state index contributed by atoms with van der Waals surface area (Å²) in [5.74, 6) is -0.596. The molecule has 0 bridgehead atoms. The van der Waals surface area contributed by atoms with Gasteiger partial charge >= 0.3 is 0 Å². The maximum absolute atomic E-state index is 12.8. The maximum Gasteiger partial charge on any atom is 0.254 e. The summed E-state index contributed by atoms with van der Waals surface area (Å²) in [7, 11) is 0. The van der Waals surface area contributed by atoms with Crippen LogP contribution in [0.3, 0.4) is 0 Å². The van der Waals surface area contributed by atoms with Gasteiger partial charge in [0.25, 0.3) is 5.91 Å². The summed E-state index contributed by atoms with van der Waals surface area (Å²) in [6.45, 7) is 3.43. The smallest absolute Gasteiger partial charge is 0.254 e. The molecule has 1 N–H and O–H groups in total. The summed E-state index contributed by atoms with van der Waals surface area (Å²) in [6.07, 6.45) is 0. The molecule has 0 spiro atoms. The van der Waals surface area contributed by atoms with Gasteiger partial charge in [-0.3, -0.25) is 9.59 Å². The highest BCUT2D eigenvalue weighted by Gasteiger charge is 2.23. The van der Waals surface area contributed by atoms with Gasteiger partial charge in [-0.25, -0.2) is 0 Å². The molecule has 0 aliphatic rings. The number of carbonyl (C=O) groups excluding carboxylic acids is 2. The first kappa shape index (κ1) is 18.2. The van der Waals surface area contributed by atoms with E-state index >= 15 is 0 Å². The summed E-state index contributed by atoms with van der Waals surface area (Å²) < 4.78 is 0. The third-order valence-corrected chi connectivity index (χ3v) is 3.59. The average Bonchev–Trinajstić information content (AvgIpc) is 2.61. The molecule has 0 aromatic heterocycles. The Hall–Kier alpha value is -3.13. The second kappa shape index (κ2) is 8.11. The lowest BCUT2D eigenvalue weighted by atomic mass is 10.1. The van der Waals surface area contributed by atoms with Crippen LogP contribution in [0.4, 0.5) is 0 Å². The molecule has 0 fully saturated rings. The molecule has 0 aliphatic heterocycles. The van der Waals surface area contributed by atoms with Crippen molar-refractivity contribution in [2.24, 2.45) is 0 Å². The molecule has 0 saturated heterocycles. The summed E-state index contributed by atoms with van der Waals surface area (Å²) >= 11 is 0. The van der Waals surface area contributed by atoms with Crippen LogP contribution in [0.5, 0.6) is 0 Å². The lowest BCUT2D eigenvalue weighted by Crippen LogP contribution is -2.48. The van der Waals surface area contributed by atoms with Gasteiger partial charge in [0.2, 0.25) is 5.91 Å². The number of nitrogens with zero attached hydrogens (tertiary/aromatic N) is 2. The highest BCUT2D eigenvalue weighted by molar-refractivity contribution is 5.96. The monoisotopic (exact) mass is 335 g/mol. The van der Waals surface area contributed by atoms with E-state index in [9.17, 15) is 9.59 Å². The summed E-state index contributed by atoms with van der Waals surface area (Å²) in [5, 5.41) is 11.7.